The second kappa shape index (κ2) is 7.17. The zero-order chi connectivity index (χ0) is 15.2. The zero-order valence-corrected chi connectivity index (χ0v) is 13.2. The van der Waals surface area contributed by atoms with Crippen LogP contribution in [0.15, 0.2) is 30.9 Å². The second-order valence-electron chi connectivity index (χ2n) is 5.90. The first kappa shape index (κ1) is 16.3. The summed E-state index contributed by atoms with van der Waals surface area (Å²) in [5.41, 5.74) is 0.841. The van der Waals surface area contributed by atoms with Crippen LogP contribution >= 0.6 is 0 Å². The number of aromatic nitrogens is 1. The van der Waals surface area contributed by atoms with Crippen molar-refractivity contribution in [1.29, 1.82) is 0 Å². The highest BCUT2D eigenvalue weighted by Crippen LogP contribution is 2.13. The monoisotopic (exact) mass is 278 g/mol. The fourth-order valence-corrected chi connectivity index (χ4v) is 1.69. The predicted octanol–water partition coefficient (Wildman–Crippen LogP) is 3.42. The molecule has 0 saturated carbocycles. The van der Waals surface area contributed by atoms with Crippen LogP contribution in [0.4, 0.5) is 0 Å². The lowest BCUT2D eigenvalue weighted by Gasteiger charge is -2.26. The lowest BCUT2D eigenvalue weighted by atomic mass is 10.2. The Bertz CT molecular complexity index is 438. The maximum Gasteiger partial charge on any atom is 0.180 e. The summed E-state index contributed by atoms with van der Waals surface area (Å²) < 4.78 is 11.4. The summed E-state index contributed by atoms with van der Waals surface area (Å²) in [6.45, 7) is 14.5. The molecule has 0 saturated heterocycles. The van der Waals surface area contributed by atoms with E-state index in [1.807, 2.05) is 33.8 Å². The summed E-state index contributed by atoms with van der Waals surface area (Å²) in [6, 6.07) is 2.13. The van der Waals surface area contributed by atoms with Crippen LogP contribution in [0.2, 0.25) is 0 Å². The minimum Gasteiger partial charge on any atom is -0.490 e. The molecule has 1 aromatic rings. The summed E-state index contributed by atoms with van der Waals surface area (Å²) in [7, 11) is 0. The Morgan fingerprint density at radius 3 is 2.65 bits per heavy atom. The van der Waals surface area contributed by atoms with Gasteiger partial charge in [0, 0.05) is 6.20 Å². The molecular formula is C16H26N2O2. The SMILES string of the molecule is C=C(N[C@@H](CC)COc1cncc(C)c1)OC(C)(C)C. The van der Waals surface area contributed by atoms with Crippen molar-refractivity contribution in [3.05, 3.63) is 36.5 Å². The highest BCUT2D eigenvalue weighted by Gasteiger charge is 2.15. The second-order valence-corrected chi connectivity index (χ2v) is 5.90. The van der Waals surface area contributed by atoms with Gasteiger partial charge in [-0.1, -0.05) is 6.92 Å². The summed E-state index contributed by atoms with van der Waals surface area (Å²) in [5.74, 6) is 1.36. The molecule has 0 radical (unpaired) electrons. The maximum atomic E-state index is 5.75. The molecule has 0 aliphatic rings. The van der Waals surface area contributed by atoms with E-state index in [1.54, 1.807) is 12.4 Å². The minimum absolute atomic E-state index is 0.158. The minimum atomic E-state index is -0.246. The van der Waals surface area contributed by atoms with E-state index in [1.165, 1.54) is 0 Å². The third kappa shape index (κ3) is 6.45. The molecule has 0 aliphatic carbocycles. The largest absolute Gasteiger partial charge is 0.490 e. The molecule has 112 valence electrons. The topological polar surface area (TPSA) is 43.4 Å². The van der Waals surface area contributed by atoms with Crippen LogP contribution in [-0.2, 0) is 4.74 Å². The quantitative estimate of drug-likeness (QED) is 0.776. The van der Waals surface area contributed by atoms with E-state index in [0.29, 0.717) is 12.5 Å². The van der Waals surface area contributed by atoms with E-state index in [2.05, 4.69) is 23.8 Å². The Labute approximate surface area is 122 Å². The van der Waals surface area contributed by atoms with Crippen LogP contribution in [0, 0.1) is 6.92 Å². The Hall–Kier alpha value is -1.71. The summed E-state index contributed by atoms with van der Waals surface area (Å²) >= 11 is 0. The van der Waals surface area contributed by atoms with E-state index in [4.69, 9.17) is 9.47 Å². The lowest BCUT2D eigenvalue weighted by molar-refractivity contribution is 0.0361. The molecule has 0 amide bonds. The molecule has 1 aromatic heterocycles. The Morgan fingerprint density at radius 2 is 2.10 bits per heavy atom. The molecule has 1 N–H and O–H groups in total. The van der Waals surface area contributed by atoms with Crippen LogP contribution < -0.4 is 10.1 Å². The van der Waals surface area contributed by atoms with Crippen molar-refractivity contribution in [1.82, 2.24) is 10.3 Å². The van der Waals surface area contributed by atoms with E-state index >= 15 is 0 Å². The summed E-state index contributed by atoms with van der Waals surface area (Å²) in [4.78, 5) is 4.11. The van der Waals surface area contributed by atoms with Crippen molar-refractivity contribution in [2.75, 3.05) is 6.61 Å². The van der Waals surface area contributed by atoms with Crippen molar-refractivity contribution >= 4 is 0 Å². The molecule has 0 aliphatic heterocycles. The number of ether oxygens (including phenoxy) is 2. The molecule has 0 unspecified atom stereocenters. The summed E-state index contributed by atoms with van der Waals surface area (Å²) in [5, 5.41) is 3.25. The van der Waals surface area contributed by atoms with Gasteiger partial charge < -0.3 is 14.8 Å². The number of nitrogens with zero attached hydrogens (tertiary/aromatic N) is 1. The third-order valence-corrected chi connectivity index (χ3v) is 2.59. The van der Waals surface area contributed by atoms with Crippen LogP contribution in [-0.4, -0.2) is 23.2 Å². The first-order chi connectivity index (χ1) is 9.30. The molecule has 0 bridgehead atoms. The first-order valence-corrected chi connectivity index (χ1v) is 6.99. The van der Waals surface area contributed by atoms with Gasteiger partial charge >= 0.3 is 0 Å². The fourth-order valence-electron chi connectivity index (χ4n) is 1.69. The molecule has 1 heterocycles. The van der Waals surface area contributed by atoms with Gasteiger partial charge in [-0.05, 0) is 52.3 Å². The predicted molar refractivity (Wildman–Crippen MR) is 81.7 cm³/mol. The van der Waals surface area contributed by atoms with E-state index < -0.39 is 0 Å². The number of hydrogen-bond donors (Lipinski definition) is 1. The van der Waals surface area contributed by atoms with Gasteiger partial charge in [0.25, 0.3) is 0 Å². The highest BCUT2D eigenvalue weighted by atomic mass is 16.5. The molecule has 0 spiro atoms. The van der Waals surface area contributed by atoms with Crippen molar-refractivity contribution in [2.45, 2.75) is 52.7 Å². The van der Waals surface area contributed by atoms with E-state index in [-0.39, 0.29) is 11.6 Å². The number of hydrogen-bond acceptors (Lipinski definition) is 4. The molecule has 1 rings (SSSR count). The fraction of sp³-hybridized carbons (Fsp3) is 0.562. The average molecular weight is 278 g/mol. The molecule has 0 aromatic carbocycles. The van der Waals surface area contributed by atoms with Crippen LogP contribution in [0.1, 0.15) is 39.7 Å². The van der Waals surface area contributed by atoms with Gasteiger partial charge in [-0.3, -0.25) is 4.98 Å². The van der Waals surface area contributed by atoms with Crippen molar-refractivity contribution < 1.29 is 9.47 Å². The van der Waals surface area contributed by atoms with Gasteiger partial charge in [-0.2, -0.15) is 0 Å². The molecule has 1 atom stereocenters. The number of nitrogens with one attached hydrogen (secondary N) is 1. The molecule has 0 fully saturated rings. The number of pyridine rings is 1. The van der Waals surface area contributed by atoms with E-state index in [0.717, 1.165) is 17.7 Å². The van der Waals surface area contributed by atoms with Gasteiger partial charge in [-0.15, -0.1) is 0 Å². The van der Waals surface area contributed by atoms with Crippen molar-refractivity contribution in [3.8, 4) is 5.75 Å². The first-order valence-electron chi connectivity index (χ1n) is 6.99. The number of rotatable bonds is 7. The highest BCUT2D eigenvalue weighted by molar-refractivity contribution is 5.22. The average Bonchev–Trinajstić information content (AvgIpc) is 2.32. The molecule has 4 nitrogen and oxygen atoms in total. The smallest absolute Gasteiger partial charge is 0.180 e. The van der Waals surface area contributed by atoms with Crippen LogP contribution in [0.5, 0.6) is 5.75 Å². The molecular weight excluding hydrogens is 252 g/mol. The molecule has 4 heteroatoms. The maximum absolute atomic E-state index is 5.75. The molecule has 20 heavy (non-hydrogen) atoms. The van der Waals surface area contributed by atoms with Gasteiger partial charge in [0.1, 0.15) is 18.0 Å². The summed E-state index contributed by atoms with van der Waals surface area (Å²) in [6.07, 6.45) is 4.45. The van der Waals surface area contributed by atoms with Gasteiger partial charge in [0.2, 0.25) is 0 Å². The van der Waals surface area contributed by atoms with Crippen LogP contribution in [0.25, 0.3) is 0 Å². The van der Waals surface area contributed by atoms with E-state index in [9.17, 15) is 0 Å². The van der Waals surface area contributed by atoms with Gasteiger partial charge in [0.05, 0.1) is 12.2 Å². The Morgan fingerprint density at radius 1 is 1.40 bits per heavy atom. The van der Waals surface area contributed by atoms with Crippen LogP contribution in [0.3, 0.4) is 0 Å². The van der Waals surface area contributed by atoms with Gasteiger partial charge in [-0.25, -0.2) is 0 Å². The van der Waals surface area contributed by atoms with Crippen molar-refractivity contribution in [3.63, 3.8) is 0 Å². The van der Waals surface area contributed by atoms with Crippen molar-refractivity contribution in [2.24, 2.45) is 0 Å². The normalized spacial score (nSPS) is 12.7. The van der Waals surface area contributed by atoms with Gasteiger partial charge in [0.15, 0.2) is 5.88 Å². The Balaban J connectivity index is 2.45. The third-order valence-electron chi connectivity index (χ3n) is 2.59. The Kier molecular flexibility index (Phi) is 5.86. The number of aryl methyl sites for hydroxylation is 1. The zero-order valence-electron chi connectivity index (χ0n) is 13.2. The standard InChI is InChI=1S/C16H26N2O2/c1-7-14(18-13(3)20-16(4,5)6)11-19-15-8-12(2)9-17-10-15/h8-10,14,18H,3,7,11H2,1-2,4-6H3/t14-/m0/s1. The lowest BCUT2D eigenvalue weighted by Crippen LogP contribution is -2.36.